The van der Waals surface area contributed by atoms with Crippen molar-refractivity contribution in [3.05, 3.63) is 5.69 Å². The standard InChI is InChI=1S/C15H25N5OS/c1-11-13-14(19(2)18-11)17-15(22-13)16-6-4-8-20-7-3-5-12(9-20)10-21/h12,21H,3-10H2,1-2H3,(H,16,17)/t12-/m0/s1. The largest absolute Gasteiger partial charge is 0.396 e. The molecule has 2 aromatic rings. The average Bonchev–Trinajstić information content (AvgIpc) is 3.06. The molecule has 1 atom stereocenters. The van der Waals surface area contributed by atoms with Gasteiger partial charge in [-0.3, -0.25) is 0 Å². The van der Waals surface area contributed by atoms with Gasteiger partial charge in [0.1, 0.15) is 0 Å². The van der Waals surface area contributed by atoms with Gasteiger partial charge in [0.05, 0.1) is 10.4 Å². The van der Waals surface area contributed by atoms with Gasteiger partial charge in [0.25, 0.3) is 0 Å². The van der Waals surface area contributed by atoms with E-state index in [1.807, 2.05) is 18.7 Å². The minimum absolute atomic E-state index is 0.327. The predicted octanol–water partition coefficient (Wildman–Crippen LogP) is 1.84. The Labute approximate surface area is 135 Å². The van der Waals surface area contributed by atoms with Crippen LogP contribution in [-0.2, 0) is 7.05 Å². The molecule has 0 unspecified atom stereocenters. The zero-order valence-corrected chi connectivity index (χ0v) is 14.2. The molecule has 1 aliphatic rings. The van der Waals surface area contributed by atoms with Crippen LogP contribution in [0.25, 0.3) is 10.3 Å². The number of anilines is 1. The lowest BCUT2D eigenvalue weighted by molar-refractivity contribution is 0.120. The van der Waals surface area contributed by atoms with Crippen LogP contribution in [0.4, 0.5) is 5.13 Å². The van der Waals surface area contributed by atoms with Crippen LogP contribution in [0.15, 0.2) is 0 Å². The smallest absolute Gasteiger partial charge is 0.185 e. The third kappa shape index (κ3) is 3.42. The number of aryl methyl sites for hydroxylation is 2. The van der Waals surface area contributed by atoms with Crippen LogP contribution in [0.5, 0.6) is 0 Å². The molecule has 0 radical (unpaired) electrons. The first kappa shape index (κ1) is 15.7. The number of fused-ring (bicyclic) bond motifs is 1. The minimum Gasteiger partial charge on any atom is -0.396 e. The maximum atomic E-state index is 9.27. The fraction of sp³-hybridized carbons (Fsp3) is 0.733. The Balaban J connectivity index is 1.45. The Hall–Kier alpha value is -1.18. The van der Waals surface area contributed by atoms with Gasteiger partial charge in [0.2, 0.25) is 0 Å². The second-order valence-corrected chi connectivity index (χ2v) is 7.15. The summed E-state index contributed by atoms with van der Waals surface area (Å²) in [4.78, 5) is 7.07. The van der Waals surface area contributed by atoms with Crippen molar-refractivity contribution in [1.82, 2.24) is 19.7 Å². The highest BCUT2D eigenvalue weighted by atomic mass is 32.1. The van der Waals surface area contributed by atoms with E-state index >= 15 is 0 Å². The summed E-state index contributed by atoms with van der Waals surface area (Å²) in [7, 11) is 1.94. The van der Waals surface area contributed by atoms with E-state index in [0.29, 0.717) is 12.5 Å². The fourth-order valence-electron chi connectivity index (χ4n) is 3.16. The Bertz CT molecular complexity index is 588. The second-order valence-electron chi connectivity index (χ2n) is 6.15. The number of aliphatic hydroxyl groups is 1. The first-order chi connectivity index (χ1) is 10.7. The van der Waals surface area contributed by atoms with Crippen LogP contribution in [0.3, 0.4) is 0 Å². The molecule has 1 aliphatic heterocycles. The normalized spacial score (nSPS) is 19.9. The number of hydrogen-bond acceptors (Lipinski definition) is 6. The van der Waals surface area contributed by atoms with Crippen molar-refractivity contribution in [2.75, 3.05) is 38.1 Å². The number of hydrogen-bond donors (Lipinski definition) is 2. The maximum Gasteiger partial charge on any atom is 0.185 e. The summed E-state index contributed by atoms with van der Waals surface area (Å²) in [6, 6.07) is 0. The molecule has 3 rings (SSSR count). The van der Waals surface area contributed by atoms with Crippen molar-refractivity contribution in [3.8, 4) is 0 Å². The molecule has 122 valence electrons. The van der Waals surface area contributed by atoms with Crippen LogP contribution >= 0.6 is 11.3 Å². The van der Waals surface area contributed by atoms with E-state index in [2.05, 4.69) is 20.3 Å². The maximum absolute atomic E-state index is 9.27. The summed E-state index contributed by atoms with van der Waals surface area (Å²) in [5.41, 5.74) is 2.01. The molecule has 2 aromatic heterocycles. The van der Waals surface area contributed by atoms with E-state index in [1.54, 1.807) is 11.3 Å². The Kier molecular flexibility index (Phi) is 4.95. The molecule has 0 amide bonds. The summed E-state index contributed by atoms with van der Waals surface area (Å²) < 4.78 is 3.02. The van der Waals surface area contributed by atoms with E-state index in [-0.39, 0.29) is 0 Å². The van der Waals surface area contributed by atoms with Crippen molar-refractivity contribution in [2.24, 2.45) is 13.0 Å². The lowest BCUT2D eigenvalue weighted by Gasteiger charge is -2.31. The third-order valence-corrected chi connectivity index (χ3v) is 5.44. The number of thiazole rings is 1. The molecule has 1 saturated heterocycles. The third-order valence-electron chi connectivity index (χ3n) is 4.33. The minimum atomic E-state index is 0.327. The zero-order chi connectivity index (χ0) is 15.5. The molecule has 0 aromatic carbocycles. The van der Waals surface area contributed by atoms with E-state index in [0.717, 1.165) is 42.5 Å². The lowest BCUT2D eigenvalue weighted by atomic mass is 9.99. The number of nitrogens with one attached hydrogen (secondary N) is 1. The van der Waals surface area contributed by atoms with Crippen LogP contribution in [0.2, 0.25) is 0 Å². The Morgan fingerprint density at radius 2 is 2.32 bits per heavy atom. The molecule has 2 N–H and O–H groups in total. The van der Waals surface area contributed by atoms with Gasteiger partial charge in [0.15, 0.2) is 10.8 Å². The molecule has 0 bridgehead atoms. The quantitative estimate of drug-likeness (QED) is 0.794. The van der Waals surface area contributed by atoms with Crippen LogP contribution in [0, 0.1) is 12.8 Å². The summed E-state index contributed by atoms with van der Waals surface area (Å²) in [5, 5.41) is 18.1. The second kappa shape index (κ2) is 6.93. The van der Waals surface area contributed by atoms with Gasteiger partial charge in [-0.2, -0.15) is 5.10 Å². The number of nitrogens with zero attached hydrogens (tertiary/aromatic N) is 4. The molecule has 1 fully saturated rings. The Morgan fingerprint density at radius 1 is 1.45 bits per heavy atom. The summed E-state index contributed by atoms with van der Waals surface area (Å²) in [6.45, 7) is 6.60. The predicted molar refractivity (Wildman–Crippen MR) is 90.5 cm³/mol. The van der Waals surface area contributed by atoms with Gasteiger partial charge >= 0.3 is 0 Å². The van der Waals surface area contributed by atoms with Gasteiger partial charge in [-0.15, -0.1) is 0 Å². The number of likely N-dealkylation sites (tertiary alicyclic amines) is 1. The van der Waals surface area contributed by atoms with Crippen molar-refractivity contribution < 1.29 is 5.11 Å². The monoisotopic (exact) mass is 323 g/mol. The van der Waals surface area contributed by atoms with Crippen molar-refractivity contribution in [2.45, 2.75) is 26.2 Å². The van der Waals surface area contributed by atoms with Gasteiger partial charge in [0, 0.05) is 26.7 Å². The van der Waals surface area contributed by atoms with Gasteiger partial charge in [-0.25, -0.2) is 9.67 Å². The number of rotatable bonds is 6. The average molecular weight is 323 g/mol. The molecular formula is C15H25N5OS. The summed E-state index contributed by atoms with van der Waals surface area (Å²) >= 11 is 1.68. The fourth-order valence-corrected chi connectivity index (χ4v) is 4.12. The summed E-state index contributed by atoms with van der Waals surface area (Å²) in [6.07, 6.45) is 3.48. The molecule has 0 saturated carbocycles. The molecule has 6 nitrogen and oxygen atoms in total. The van der Waals surface area contributed by atoms with Gasteiger partial charge < -0.3 is 15.3 Å². The topological polar surface area (TPSA) is 66.2 Å². The van der Waals surface area contributed by atoms with Crippen LogP contribution < -0.4 is 5.32 Å². The van der Waals surface area contributed by atoms with Crippen molar-refractivity contribution in [3.63, 3.8) is 0 Å². The lowest BCUT2D eigenvalue weighted by Crippen LogP contribution is -2.37. The Morgan fingerprint density at radius 3 is 3.09 bits per heavy atom. The molecule has 3 heterocycles. The molecular weight excluding hydrogens is 298 g/mol. The number of aromatic nitrogens is 3. The first-order valence-corrected chi connectivity index (χ1v) is 8.86. The highest BCUT2D eigenvalue weighted by Gasteiger charge is 2.18. The SMILES string of the molecule is Cc1nn(C)c2nc(NCCCN3CCC[C@H](CO)C3)sc12. The molecule has 7 heteroatoms. The molecule has 0 spiro atoms. The number of piperidine rings is 1. The van der Waals surface area contributed by atoms with E-state index in [1.165, 1.54) is 24.1 Å². The molecule has 22 heavy (non-hydrogen) atoms. The van der Waals surface area contributed by atoms with Gasteiger partial charge in [-0.1, -0.05) is 11.3 Å². The van der Waals surface area contributed by atoms with Crippen LogP contribution in [0.1, 0.15) is 25.0 Å². The molecule has 0 aliphatic carbocycles. The number of aliphatic hydroxyl groups excluding tert-OH is 1. The van der Waals surface area contributed by atoms with Crippen molar-refractivity contribution in [1.29, 1.82) is 0 Å². The highest BCUT2D eigenvalue weighted by Crippen LogP contribution is 2.27. The van der Waals surface area contributed by atoms with E-state index < -0.39 is 0 Å². The first-order valence-electron chi connectivity index (χ1n) is 8.04. The van der Waals surface area contributed by atoms with E-state index in [9.17, 15) is 5.11 Å². The van der Waals surface area contributed by atoms with E-state index in [4.69, 9.17) is 0 Å². The summed E-state index contributed by atoms with van der Waals surface area (Å²) in [5.74, 6) is 0.474. The highest BCUT2D eigenvalue weighted by molar-refractivity contribution is 7.22. The van der Waals surface area contributed by atoms with Crippen molar-refractivity contribution >= 4 is 26.8 Å². The zero-order valence-electron chi connectivity index (χ0n) is 13.4. The van der Waals surface area contributed by atoms with Crippen LogP contribution in [-0.4, -0.2) is 57.6 Å². The van der Waals surface area contributed by atoms with Gasteiger partial charge in [-0.05, 0) is 45.2 Å².